The monoisotopic (exact) mass is 228 g/mol. The fraction of sp³-hybridized carbons (Fsp3) is 0.455. The Morgan fingerprint density at radius 3 is 1.94 bits per heavy atom. The lowest BCUT2D eigenvalue weighted by Crippen LogP contribution is -2.51. The summed E-state index contributed by atoms with van der Waals surface area (Å²) in [6, 6.07) is 3.12. The van der Waals surface area contributed by atoms with E-state index in [0.29, 0.717) is 19.8 Å². The van der Waals surface area contributed by atoms with Gasteiger partial charge in [-0.15, -0.1) is 0 Å². The van der Waals surface area contributed by atoms with Gasteiger partial charge in [0.25, 0.3) is 0 Å². The maximum Gasteiger partial charge on any atom is 0.312 e. The zero-order valence-corrected chi connectivity index (χ0v) is 8.41. The SMILES string of the molecule is Fc1cc(F)cc(C23OCC(CO2)CO3)c1. The number of hydrogen-bond acceptors (Lipinski definition) is 3. The largest absolute Gasteiger partial charge is 0.323 e. The van der Waals surface area contributed by atoms with E-state index in [2.05, 4.69) is 0 Å². The summed E-state index contributed by atoms with van der Waals surface area (Å²) in [5.74, 6) is -2.56. The quantitative estimate of drug-likeness (QED) is 0.733. The van der Waals surface area contributed by atoms with Crippen molar-refractivity contribution in [3.63, 3.8) is 0 Å². The van der Waals surface area contributed by atoms with E-state index < -0.39 is 17.6 Å². The van der Waals surface area contributed by atoms with Crippen LogP contribution in [0.5, 0.6) is 0 Å². The molecule has 3 aliphatic heterocycles. The topological polar surface area (TPSA) is 27.7 Å². The van der Waals surface area contributed by atoms with E-state index in [-0.39, 0.29) is 11.5 Å². The van der Waals surface area contributed by atoms with Crippen molar-refractivity contribution in [2.45, 2.75) is 5.97 Å². The predicted molar refractivity (Wildman–Crippen MR) is 49.4 cm³/mol. The first kappa shape index (κ1) is 10.1. The molecule has 2 bridgehead atoms. The maximum atomic E-state index is 13.1. The molecule has 0 spiro atoms. The van der Waals surface area contributed by atoms with Crippen molar-refractivity contribution in [1.82, 2.24) is 0 Å². The minimum atomic E-state index is -1.42. The second-order valence-corrected chi connectivity index (χ2v) is 4.01. The van der Waals surface area contributed by atoms with E-state index >= 15 is 0 Å². The molecular formula is C11H10F2O3. The van der Waals surface area contributed by atoms with Gasteiger partial charge in [0.15, 0.2) is 0 Å². The van der Waals surface area contributed by atoms with Gasteiger partial charge in [0.1, 0.15) is 11.6 Å². The van der Waals surface area contributed by atoms with Crippen molar-refractivity contribution in [2.24, 2.45) is 5.92 Å². The molecule has 3 heterocycles. The van der Waals surface area contributed by atoms with Gasteiger partial charge in [0, 0.05) is 17.5 Å². The fourth-order valence-electron chi connectivity index (χ4n) is 1.93. The lowest BCUT2D eigenvalue weighted by Gasteiger charge is -2.45. The summed E-state index contributed by atoms with van der Waals surface area (Å²) in [6.45, 7) is 1.45. The molecule has 1 aromatic carbocycles. The molecule has 86 valence electrons. The molecule has 0 radical (unpaired) electrons. The predicted octanol–water partition coefficient (Wildman–Crippen LogP) is 1.77. The second kappa shape index (κ2) is 3.48. The van der Waals surface area contributed by atoms with Crippen LogP contribution >= 0.6 is 0 Å². The van der Waals surface area contributed by atoms with Gasteiger partial charge >= 0.3 is 5.97 Å². The average Bonchev–Trinajstić information content (AvgIpc) is 2.30. The zero-order chi connectivity index (χ0) is 11.2. The van der Waals surface area contributed by atoms with E-state index in [0.717, 1.165) is 18.2 Å². The molecule has 0 aliphatic carbocycles. The Kier molecular flexibility index (Phi) is 2.20. The zero-order valence-electron chi connectivity index (χ0n) is 8.41. The molecule has 3 aliphatic rings. The fourth-order valence-corrected chi connectivity index (χ4v) is 1.93. The number of rotatable bonds is 1. The van der Waals surface area contributed by atoms with Gasteiger partial charge in [-0.05, 0) is 12.1 Å². The summed E-state index contributed by atoms with van der Waals surface area (Å²) in [4.78, 5) is 0. The average molecular weight is 228 g/mol. The van der Waals surface area contributed by atoms with Crippen LogP contribution in [0.3, 0.4) is 0 Å². The molecule has 1 aromatic rings. The van der Waals surface area contributed by atoms with Crippen LogP contribution in [0, 0.1) is 17.6 Å². The molecule has 3 nitrogen and oxygen atoms in total. The normalized spacial score (nSPS) is 33.0. The van der Waals surface area contributed by atoms with E-state index in [1.54, 1.807) is 0 Å². The molecule has 0 saturated carbocycles. The van der Waals surface area contributed by atoms with Gasteiger partial charge in [-0.1, -0.05) is 0 Å². The summed E-state index contributed by atoms with van der Waals surface area (Å²) in [5, 5.41) is 0. The molecular weight excluding hydrogens is 218 g/mol. The summed E-state index contributed by atoms with van der Waals surface area (Å²) < 4.78 is 42.3. The summed E-state index contributed by atoms with van der Waals surface area (Å²) in [5.41, 5.74) is 0.225. The lowest BCUT2D eigenvalue weighted by atomic mass is 10.1. The van der Waals surface area contributed by atoms with Crippen molar-refractivity contribution in [2.75, 3.05) is 19.8 Å². The molecule has 3 fully saturated rings. The van der Waals surface area contributed by atoms with E-state index in [1.807, 2.05) is 0 Å². The molecule has 4 rings (SSSR count). The Labute approximate surface area is 90.9 Å². The first-order valence-electron chi connectivity index (χ1n) is 5.06. The molecule has 16 heavy (non-hydrogen) atoms. The van der Waals surface area contributed by atoms with Gasteiger partial charge in [-0.3, -0.25) is 0 Å². The van der Waals surface area contributed by atoms with Crippen LogP contribution in [0.4, 0.5) is 8.78 Å². The molecule has 0 atom stereocenters. The van der Waals surface area contributed by atoms with Gasteiger partial charge < -0.3 is 14.2 Å². The van der Waals surface area contributed by atoms with Crippen molar-refractivity contribution >= 4 is 0 Å². The van der Waals surface area contributed by atoms with Crippen molar-refractivity contribution < 1.29 is 23.0 Å². The highest BCUT2D eigenvalue weighted by Gasteiger charge is 2.46. The summed E-state index contributed by atoms with van der Waals surface area (Å²) in [6.07, 6.45) is 0. The highest BCUT2D eigenvalue weighted by molar-refractivity contribution is 5.21. The maximum absolute atomic E-state index is 13.1. The van der Waals surface area contributed by atoms with Crippen LogP contribution in [0.1, 0.15) is 5.56 Å². The van der Waals surface area contributed by atoms with Gasteiger partial charge in [-0.2, -0.15) is 0 Å². The summed E-state index contributed by atoms with van der Waals surface area (Å²) in [7, 11) is 0. The van der Waals surface area contributed by atoms with E-state index in [1.165, 1.54) is 0 Å². The van der Waals surface area contributed by atoms with Gasteiger partial charge in [0.2, 0.25) is 0 Å². The van der Waals surface area contributed by atoms with Crippen molar-refractivity contribution in [3.05, 3.63) is 35.4 Å². The van der Waals surface area contributed by atoms with Crippen LogP contribution in [0.25, 0.3) is 0 Å². The third kappa shape index (κ3) is 1.52. The first-order valence-corrected chi connectivity index (χ1v) is 5.06. The number of benzene rings is 1. The summed E-state index contributed by atoms with van der Waals surface area (Å²) >= 11 is 0. The van der Waals surface area contributed by atoms with Gasteiger partial charge in [-0.25, -0.2) is 8.78 Å². The smallest absolute Gasteiger partial charge is 0.312 e. The third-order valence-corrected chi connectivity index (χ3v) is 2.74. The van der Waals surface area contributed by atoms with Crippen molar-refractivity contribution in [1.29, 1.82) is 0 Å². The molecule has 0 amide bonds. The number of fused-ring (bicyclic) bond motifs is 3. The Hall–Kier alpha value is -1.04. The van der Waals surface area contributed by atoms with Crippen molar-refractivity contribution in [3.8, 4) is 0 Å². The Morgan fingerprint density at radius 1 is 0.938 bits per heavy atom. The van der Waals surface area contributed by atoms with E-state index in [9.17, 15) is 8.78 Å². The third-order valence-electron chi connectivity index (χ3n) is 2.74. The highest BCUT2D eigenvalue weighted by atomic mass is 19.1. The molecule has 0 aromatic heterocycles. The molecule has 3 saturated heterocycles. The lowest BCUT2D eigenvalue weighted by molar-refractivity contribution is -0.460. The van der Waals surface area contributed by atoms with E-state index in [4.69, 9.17) is 14.2 Å². The highest BCUT2D eigenvalue weighted by Crippen LogP contribution is 2.38. The standard InChI is InChI=1S/C11H10F2O3/c12-9-1-8(2-10(13)3-9)11-14-4-7(5-15-11)6-16-11/h1-3,7H,4-6H2. The Morgan fingerprint density at radius 2 is 1.44 bits per heavy atom. The Bertz CT molecular complexity index is 380. The van der Waals surface area contributed by atoms with Crippen LogP contribution in [-0.2, 0) is 20.2 Å². The number of ether oxygens (including phenoxy) is 3. The van der Waals surface area contributed by atoms with Gasteiger partial charge in [0.05, 0.1) is 19.8 Å². The van der Waals surface area contributed by atoms with Crippen LogP contribution in [0.15, 0.2) is 18.2 Å². The first-order chi connectivity index (χ1) is 7.68. The number of halogens is 2. The second-order valence-electron chi connectivity index (χ2n) is 4.01. The Balaban J connectivity index is 2.01. The molecule has 5 heteroatoms. The molecule has 0 N–H and O–H groups in total. The molecule has 0 unspecified atom stereocenters. The van der Waals surface area contributed by atoms with Crippen LogP contribution in [-0.4, -0.2) is 19.8 Å². The minimum absolute atomic E-state index is 0.209. The number of hydrogen-bond donors (Lipinski definition) is 0. The van der Waals surface area contributed by atoms with Crippen LogP contribution in [0.2, 0.25) is 0 Å². The van der Waals surface area contributed by atoms with Crippen LogP contribution < -0.4 is 0 Å². The minimum Gasteiger partial charge on any atom is -0.323 e.